The first-order valence-corrected chi connectivity index (χ1v) is 13.3. The van der Waals surface area contributed by atoms with Crippen molar-refractivity contribution in [3.05, 3.63) is 47.0 Å². The summed E-state index contributed by atoms with van der Waals surface area (Å²) in [5.74, 6) is 3.17. The van der Waals surface area contributed by atoms with Crippen molar-refractivity contribution in [1.29, 1.82) is 0 Å². The van der Waals surface area contributed by atoms with Crippen molar-refractivity contribution in [2.45, 2.75) is 44.9 Å². The molecule has 0 saturated heterocycles. The van der Waals surface area contributed by atoms with Crippen LogP contribution in [0.25, 0.3) is 0 Å². The van der Waals surface area contributed by atoms with Gasteiger partial charge in [-0.05, 0) is 92.1 Å². The standard InChI is InChI=1S/C30H42N2O5.ClH/c1-31(21-30(11-6-12-30)20-22-8-9-25(34-2)26(16-22)35-3)13-7-14-32-15-10-23-17-27(36-4)28(37-5)18-24(23)19-29(32)33;/h8-9,16-18H,6-7,10-15,19-21H2,1-5H3;1H. The number of halogens is 1. The molecule has 1 amide bonds. The molecule has 210 valence electrons. The van der Waals surface area contributed by atoms with E-state index in [1.165, 1.54) is 30.4 Å². The van der Waals surface area contributed by atoms with Crippen LogP contribution in [0, 0.1) is 5.41 Å². The molecule has 1 heterocycles. The highest BCUT2D eigenvalue weighted by Gasteiger charge is 2.38. The van der Waals surface area contributed by atoms with Crippen LogP contribution in [-0.4, -0.2) is 77.4 Å². The minimum atomic E-state index is 0. The average molecular weight is 547 g/mol. The van der Waals surface area contributed by atoms with E-state index in [2.05, 4.69) is 24.1 Å². The van der Waals surface area contributed by atoms with E-state index in [1.807, 2.05) is 23.1 Å². The predicted molar refractivity (Wildman–Crippen MR) is 152 cm³/mol. The Morgan fingerprint density at radius 1 is 0.895 bits per heavy atom. The molecule has 1 aliphatic heterocycles. The van der Waals surface area contributed by atoms with E-state index in [4.69, 9.17) is 18.9 Å². The number of methoxy groups -OCH3 is 4. The van der Waals surface area contributed by atoms with E-state index >= 15 is 0 Å². The minimum Gasteiger partial charge on any atom is -0.493 e. The molecule has 4 rings (SSSR count). The quantitative estimate of drug-likeness (QED) is 0.381. The molecule has 8 heteroatoms. The van der Waals surface area contributed by atoms with E-state index in [0.29, 0.717) is 17.6 Å². The second-order valence-electron chi connectivity index (χ2n) is 10.6. The molecule has 7 nitrogen and oxygen atoms in total. The lowest BCUT2D eigenvalue weighted by molar-refractivity contribution is -0.130. The van der Waals surface area contributed by atoms with Crippen LogP contribution < -0.4 is 18.9 Å². The molecule has 0 aromatic heterocycles. The number of ether oxygens (including phenoxy) is 4. The van der Waals surface area contributed by atoms with Gasteiger partial charge < -0.3 is 28.7 Å². The molecule has 0 bridgehead atoms. The molecule has 1 fully saturated rings. The summed E-state index contributed by atoms with van der Waals surface area (Å²) in [6.07, 6.45) is 7.07. The maximum absolute atomic E-state index is 13.0. The third-order valence-corrected chi connectivity index (χ3v) is 8.07. The summed E-state index contributed by atoms with van der Waals surface area (Å²) < 4.78 is 21.8. The number of rotatable bonds is 12. The molecule has 0 radical (unpaired) electrons. The molecule has 0 spiro atoms. The number of amides is 1. The maximum atomic E-state index is 13.0. The maximum Gasteiger partial charge on any atom is 0.227 e. The highest BCUT2D eigenvalue weighted by atomic mass is 35.5. The second kappa shape index (κ2) is 13.4. The zero-order chi connectivity index (χ0) is 26.4. The Labute approximate surface area is 233 Å². The lowest BCUT2D eigenvalue weighted by Gasteiger charge is -2.45. The van der Waals surface area contributed by atoms with E-state index < -0.39 is 0 Å². The molecule has 2 aliphatic rings. The molecule has 0 atom stereocenters. The van der Waals surface area contributed by atoms with Crippen LogP contribution >= 0.6 is 12.4 Å². The number of fused-ring (bicyclic) bond motifs is 1. The van der Waals surface area contributed by atoms with Gasteiger partial charge in [0.1, 0.15) is 0 Å². The second-order valence-corrected chi connectivity index (χ2v) is 10.6. The van der Waals surface area contributed by atoms with Crippen LogP contribution in [0.15, 0.2) is 30.3 Å². The average Bonchev–Trinajstić information content (AvgIpc) is 3.03. The fraction of sp³-hybridized carbons (Fsp3) is 0.567. The Bertz CT molecular complexity index is 1090. The largest absolute Gasteiger partial charge is 0.493 e. The van der Waals surface area contributed by atoms with Crippen molar-refractivity contribution < 1.29 is 23.7 Å². The van der Waals surface area contributed by atoms with Crippen LogP contribution in [0.1, 0.15) is 42.4 Å². The van der Waals surface area contributed by atoms with E-state index in [-0.39, 0.29) is 18.3 Å². The molecule has 38 heavy (non-hydrogen) atoms. The first-order valence-electron chi connectivity index (χ1n) is 13.3. The summed E-state index contributed by atoms with van der Waals surface area (Å²) in [4.78, 5) is 17.5. The monoisotopic (exact) mass is 546 g/mol. The number of hydrogen-bond donors (Lipinski definition) is 0. The lowest BCUT2D eigenvalue weighted by Crippen LogP contribution is -2.43. The highest BCUT2D eigenvalue weighted by molar-refractivity contribution is 5.85. The Hall–Kier alpha value is -2.64. The normalized spacial score (nSPS) is 16.2. The van der Waals surface area contributed by atoms with Gasteiger partial charge in [-0.1, -0.05) is 12.5 Å². The van der Waals surface area contributed by atoms with Gasteiger partial charge in [0.2, 0.25) is 5.91 Å². The van der Waals surface area contributed by atoms with E-state index in [0.717, 1.165) is 68.3 Å². The third-order valence-electron chi connectivity index (χ3n) is 8.07. The number of carbonyl (C=O) groups is 1. The molecule has 0 N–H and O–H groups in total. The number of nitrogens with zero attached hydrogens (tertiary/aromatic N) is 2. The van der Waals surface area contributed by atoms with Gasteiger partial charge in [-0.25, -0.2) is 0 Å². The SMILES string of the molecule is COc1ccc(CC2(CN(C)CCCN3CCc4cc(OC)c(OC)cc4CC3=O)CCC2)cc1OC.Cl. The topological polar surface area (TPSA) is 60.5 Å². The number of carbonyl (C=O) groups excluding carboxylic acids is 1. The summed E-state index contributed by atoms with van der Waals surface area (Å²) >= 11 is 0. The van der Waals surface area contributed by atoms with Gasteiger partial charge in [-0.3, -0.25) is 4.79 Å². The van der Waals surface area contributed by atoms with Crippen molar-refractivity contribution in [3.63, 3.8) is 0 Å². The van der Waals surface area contributed by atoms with Crippen LogP contribution in [0.5, 0.6) is 23.0 Å². The van der Waals surface area contributed by atoms with Gasteiger partial charge in [0, 0.05) is 19.6 Å². The highest BCUT2D eigenvalue weighted by Crippen LogP contribution is 2.45. The first kappa shape index (κ1) is 29.9. The molecule has 1 saturated carbocycles. The third kappa shape index (κ3) is 6.86. The van der Waals surface area contributed by atoms with Crippen LogP contribution in [0.2, 0.25) is 0 Å². The van der Waals surface area contributed by atoms with Gasteiger partial charge in [-0.15, -0.1) is 12.4 Å². The van der Waals surface area contributed by atoms with Gasteiger partial charge in [0.05, 0.1) is 34.9 Å². The Morgan fingerprint density at radius 3 is 2.13 bits per heavy atom. The smallest absolute Gasteiger partial charge is 0.227 e. The molecule has 0 unspecified atom stereocenters. The van der Waals surface area contributed by atoms with Crippen LogP contribution in [-0.2, 0) is 24.1 Å². The minimum absolute atomic E-state index is 0. The summed E-state index contributed by atoms with van der Waals surface area (Å²) in [5.41, 5.74) is 3.83. The van der Waals surface area contributed by atoms with Gasteiger partial charge in [0.15, 0.2) is 23.0 Å². The zero-order valence-corrected chi connectivity index (χ0v) is 24.3. The Morgan fingerprint density at radius 2 is 1.53 bits per heavy atom. The van der Waals surface area contributed by atoms with Crippen molar-refractivity contribution in [2.75, 3.05) is 61.7 Å². The fourth-order valence-electron chi connectivity index (χ4n) is 5.93. The van der Waals surface area contributed by atoms with Crippen molar-refractivity contribution in [2.24, 2.45) is 5.41 Å². The van der Waals surface area contributed by atoms with Crippen molar-refractivity contribution >= 4 is 18.3 Å². The van der Waals surface area contributed by atoms with Crippen molar-refractivity contribution in [3.8, 4) is 23.0 Å². The predicted octanol–water partition coefficient (Wildman–Crippen LogP) is 4.80. The van der Waals surface area contributed by atoms with Gasteiger partial charge >= 0.3 is 0 Å². The molecule has 2 aromatic rings. The van der Waals surface area contributed by atoms with Crippen LogP contribution in [0.4, 0.5) is 0 Å². The summed E-state index contributed by atoms with van der Waals surface area (Å²) in [6.45, 7) is 3.58. The van der Waals surface area contributed by atoms with E-state index in [1.54, 1.807) is 28.4 Å². The zero-order valence-electron chi connectivity index (χ0n) is 23.5. The number of hydrogen-bond acceptors (Lipinski definition) is 6. The fourth-order valence-corrected chi connectivity index (χ4v) is 5.93. The van der Waals surface area contributed by atoms with Crippen molar-refractivity contribution in [1.82, 2.24) is 9.80 Å². The molecular weight excluding hydrogens is 504 g/mol. The number of benzene rings is 2. The lowest BCUT2D eigenvalue weighted by atomic mass is 9.65. The van der Waals surface area contributed by atoms with E-state index in [9.17, 15) is 4.79 Å². The van der Waals surface area contributed by atoms with Gasteiger partial charge in [0.25, 0.3) is 0 Å². The first-order chi connectivity index (χ1) is 17.9. The summed E-state index contributed by atoms with van der Waals surface area (Å²) in [6, 6.07) is 10.3. The molecule has 2 aromatic carbocycles. The summed E-state index contributed by atoms with van der Waals surface area (Å²) in [7, 11) is 8.86. The molecule has 1 aliphatic carbocycles. The Kier molecular flexibility index (Phi) is 10.6. The molecular formula is C30H43ClN2O5. The van der Waals surface area contributed by atoms with Crippen LogP contribution in [0.3, 0.4) is 0 Å². The summed E-state index contributed by atoms with van der Waals surface area (Å²) in [5, 5.41) is 0. The van der Waals surface area contributed by atoms with Gasteiger partial charge in [-0.2, -0.15) is 0 Å². The Balaban J connectivity index is 0.00000400.